The fourth-order valence-corrected chi connectivity index (χ4v) is 1.54. The summed E-state index contributed by atoms with van der Waals surface area (Å²) in [6.07, 6.45) is 5.62. The van der Waals surface area contributed by atoms with E-state index in [4.69, 9.17) is 4.52 Å². The number of aromatic nitrogens is 5. The van der Waals surface area contributed by atoms with Crippen LogP contribution in [0.4, 0.5) is 0 Å². The van der Waals surface area contributed by atoms with Crippen molar-refractivity contribution in [1.29, 1.82) is 0 Å². The largest absolute Gasteiger partial charge is 0.332 e. The van der Waals surface area contributed by atoms with Gasteiger partial charge in [0.15, 0.2) is 5.82 Å². The zero-order valence-electron chi connectivity index (χ0n) is 9.04. The van der Waals surface area contributed by atoms with E-state index in [9.17, 15) is 4.79 Å². The van der Waals surface area contributed by atoms with Gasteiger partial charge in [0.25, 0.3) is 11.4 Å². The molecular weight excluding hydrogens is 222 g/mol. The van der Waals surface area contributed by atoms with E-state index in [1.54, 1.807) is 23.0 Å². The third kappa shape index (κ3) is 1.52. The Morgan fingerprint density at radius 3 is 3.06 bits per heavy atom. The van der Waals surface area contributed by atoms with Crippen molar-refractivity contribution in [3.63, 3.8) is 0 Å². The fourth-order valence-electron chi connectivity index (χ4n) is 1.54. The van der Waals surface area contributed by atoms with Gasteiger partial charge >= 0.3 is 0 Å². The SMILES string of the molecule is CCc1noc(-c2cn3cc[nH]c(=O)c3n2)n1. The van der Waals surface area contributed by atoms with Gasteiger partial charge in [-0.15, -0.1) is 0 Å². The minimum Gasteiger partial charge on any atom is -0.332 e. The Kier molecular flexibility index (Phi) is 2.04. The van der Waals surface area contributed by atoms with Crippen molar-refractivity contribution in [1.82, 2.24) is 24.5 Å². The molecule has 0 amide bonds. The van der Waals surface area contributed by atoms with Crippen molar-refractivity contribution in [2.75, 3.05) is 0 Å². The van der Waals surface area contributed by atoms with Crippen LogP contribution >= 0.6 is 0 Å². The molecule has 0 saturated carbocycles. The van der Waals surface area contributed by atoms with E-state index in [2.05, 4.69) is 20.1 Å². The zero-order valence-corrected chi connectivity index (χ0v) is 9.04. The van der Waals surface area contributed by atoms with Crippen molar-refractivity contribution in [3.05, 3.63) is 34.8 Å². The van der Waals surface area contributed by atoms with Gasteiger partial charge in [-0.25, -0.2) is 4.98 Å². The van der Waals surface area contributed by atoms with Gasteiger partial charge in [0.1, 0.15) is 5.69 Å². The van der Waals surface area contributed by atoms with E-state index in [-0.39, 0.29) is 5.56 Å². The van der Waals surface area contributed by atoms with Crippen molar-refractivity contribution in [2.24, 2.45) is 0 Å². The van der Waals surface area contributed by atoms with Crippen LogP contribution in [0.15, 0.2) is 27.9 Å². The number of nitrogens with zero attached hydrogens (tertiary/aromatic N) is 4. The van der Waals surface area contributed by atoms with Gasteiger partial charge in [0.2, 0.25) is 5.65 Å². The third-order valence-corrected chi connectivity index (χ3v) is 2.39. The standard InChI is InChI=1S/C10H9N5O2/c1-2-7-13-10(17-14-7)6-5-15-4-3-11-9(16)8(15)12-6/h3-5H,2H2,1H3,(H,11,16). The van der Waals surface area contributed by atoms with E-state index < -0.39 is 0 Å². The van der Waals surface area contributed by atoms with Gasteiger partial charge in [-0.1, -0.05) is 12.1 Å². The Labute approximate surface area is 95.1 Å². The molecule has 0 unspecified atom stereocenters. The Morgan fingerprint density at radius 1 is 1.47 bits per heavy atom. The van der Waals surface area contributed by atoms with E-state index in [1.165, 1.54) is 0 Å². The molecule has 3 rings (SSSR count). The molecule has 7 heteroatoms. The average Bonchev–Trinajstić information content (AvgIpc) is 2.95. The summed E-state index contributed by atoms with van der Waals surface area (Å²) in [4.78, 5) is 22.3. The lowest BCUT2D eigenvalue weighted by molar-refractivity contribution is 0.422. The summed E-state index contributed by atoms with van der Waals surface area (Å²) in [5.41, 5.74) is 0.543. The lowest BCUT2D eigenvalue weighted by atomic mass is 10.4. The number of nitrogens with one attached hydrogen (secondary N) is 1. The lowest BCUT2D eigenvalue weighted by Crippen LogP contribution is -2.07. The van der Waals surface area contributed by atoms with Crippen LogP contribution in [0.2, 0.25) is 0 Å². The smallest absolute Gasteiger partial charge is 0.291 e. The van der Waals surface area contributed by atoms with E-state index in [1.807, 2.05) is 6.92 Å². The Hall–Kier alpha value is -2.44. The quantitative estimate of drug-likeness (QED) is 0.698. The zero-order chi connectivity index (χ0) is 11.8. The molecule has 0 aromatic carbocycles. The number of imidazole rings is 1. The predicted octanol–water partition coefficient (Wildman–Crippen LogP) is 0.635. The highest BCUT2D eigenvalue weighted by atomic mass is 16.5. The van der Waals surface area contributed by atoms with Gasteiger partial charge in [-0.3, -0.25) is 4.79 Å². The fraction of sp³-hybridized carbons (Fsp3) is 0.200. The molecule has 0 radical (unpaired) electrons. The third-order valence-electron chi connectivity index (χ3n) is 2.39. The first-order chi connectivity index (χ1) is 8.28. The molecule has 0 fully saturated rings. The number of aryl methyl sites for hydroxylation is 1. The molecule has 1 N–H and O–H groups in total. The minimum atomic E-state index is -0.256. The summed E-state index contributed by atoms with van der Waals surface area (Å²) < 4.78 is 6.68. The van der Waals surface area contributed by atoms with Crippen LogP contribution in [0.3, 0.4) is 0 Å². The highest BCUT2D eigenvalue weighted by Gasteiger charge is 2.12. The van der Waals surface area contributed by atoms with Gasteiger partial charge in [0.05, 0.1) is 0 Å². The molecule has 0 spiro atoms. The van der Waals surface area contributed by atoms with E-state index in [0.29, 0.717) is 29.5 Å². The Morgan fingerprint density at radius 2 is 2.35 bits per heavy atom. The van der Waals surface area contributed by atoms with Crippen LogP contribution in [0.1, 0.15) is 12.7 Å². The molecule has 7 nitrogen and oxygen atoms in total. The molecule has 0 atom stereocenters. The van der Waals surface area contributed by atoms with Crippen molar-refractivity contribution in [2.45, 2.75) is 13.3 Å². The first-order valence-corrected chi connectivity index (χ1v) is 5.17. The molecule has 17 heavy (non-hydrogen) atoms. The van der Waals surface area contributed by atoms with Gasteiger partial charge < -0.3 is 13.9 Å². The number of H-pyrrole nitrogens is 1. The maximum Gasteiger partial charge on any atom is 0.291 e. The Bertz CT molecular complexity index is 723. The highest BCUT2D eigenvalue weighted by molar-refractivity contribution is 5.52. The summed E-state index contributed by atoms with van der Waals surface area (Å²) in [7, 11) is 0. The number of fused-ring (bicyclic) bond motifs is 1. The molecule has 0 aliphatic rings. The molecule has 0 aliphatic carbocycles. The molecule has 3 aromatic heterocycles. The Balaban J connectivity index is 2.18. The monoisotopic (exact) mass is 231 g/mol. The van der Waals surface area contributed by atoms with Crippen LogP contribution in [0, 0.1) is 0 Å². The van der Waals surface area contributed by atoms with Crippen LogP contribution in [0.5, 0.6) is 0 Å². The maximum absolute atomic E-state index is 11.5. The summed E-state index contributed by atoms with van der Waals surface area (Å²) in [6.45, 7) is 1.93. The summed E-state index contributed by atoms with van der Waals surface area (Å²) >= 11 is 0. The summed E-state index contributed by atoms with van der Waals surface area (Å²) in [5.74, 6) is 0.941. The van der Waals surface area contributed by atoms with Crippen LogP contribution in [-0.4, -0.2) is 24.5 Å². The molecule has 86 valence electrons. The molecule has 0 bridgehead atoms. The second-order valence-corrected chi connectivity index (χ2v) is 3.52. The van der Waals surface area contributed by atoms with Crippen LogP contribution in [0.25, 0.3) is 17.2 Å². The van der Waals surface area contributed by atoms with Crippen molar-refractivity contribution in [3.8, 4) is 11.6 Å². The molecule has 3 aromatic rings. The number of rotatable bonds is 2. The highest BCUT2D eigenvalue weighted by Crippen LogP contribution is 2.15. The number of hydrogen-bond donors (Lipinski definition) is 1. The number of hydrogen-bond acceptors (Lipinski definition) is 5. The predicted molar refractivity (Wildman–Crippen MR) is 58.5 cm³/mol. The minimum absolute atomic E-state index is 0.256. The lowest BCUT2D eigenvalue weighted by Gasteiger charge is -1.86. The molecule has 0 saturated heterocycles. The van der Waals surface area contributed by atoms with E-state index >= 15 is 0 Å². The summed E-state index contributed by atoms with van der Waals surface area (Å²) in [5, 5.41) is 3.78. The maximum atomic E-state index is 11.5. The molecule has 3 heterocycles. The van der Waals surface area contributed by atoms with Crippen molar-refractivity contribution >= 4 is 5.65 Å². The number of aromatic amines is 1. The van der Waals surface area contributed by atoms with Crippen LogP contribution in [-0.2, 0) is 6.42 Å². The second-order valence-electron chi connectivity index (χ2n) is 3.52. The normalized spacial score (nSPS) is 11.1. The molecule has 0 aliphatic heterocycles. The average molecular weight is 231 g/mol. The first kappa shape index (κ1) is 9.76. The van der Waals surface area contributed by atoms with Crippen molar-refractivity contribution < 1.29 is 4.52 Å². The molecular formula is C10H9N5O2. The van der Waals surface area contributed by atoms with E-state index in [0.717, 1.165) is 0 Å². The first-order valence-electron chi connectivity index (χ1n) is 5.17. The second kappa shape index (κ2) is 3.55. The van der Waals surface area contributed by atoms with Gasteiger partial charge in [-0.2, -0.15) is 4.98 Å². The van der Waals surface area contributed by atoms with Gasteiger partial charge in [-0.05, 0) is 0 Å². The summed E-state index contributed by atoms with van der Waals surface area (Å²) in [6, 6.07) is 0. The van der Waals surface area contributed by atoms with Gasteiger partial charge in [0, 0.05) is 25.0 Å². The topological polar surface area (TPSA) is 89.1 Å². The van der Waals surface area contributed by atoms with Crippen LogP contribution < -0.4 is 5.56 Å².